The zero-order valence-corrected chi connectivity index (χ0v) is 11.7. The Bertz CT molecular complexity index is 663. The van der Waals surface area contributed by atoms with Crippen molar-refractivity contribution in [1.29, 1.82) is 0 Å². The minimum atomic E-state index is -0.488. The monoisotopic (exact) mass is 272 g/mol. The van der Waals surface area contributed by atoms with Gasteiger partial charge in [0.1, 0.15) is 17.2 Å². The SMILES string of the molecule is Cc1ccc2c(c1)N(Cc1cc(C)on1)C(=O)C(C)O2. The number of aromatic nitrogens is 1. The summed E-state index contributed by atoms with van der Waals surface area (Å²) in [6.07, 6.45) is -0.488. The fourth-order valence-corrected chi connectivity index (χ4v) is 2.33. The van der Waals surface area contributed by atoms with E-state index in [9.17, 15) is 4.79 Å². The number of benzene rings is 1. The lowest BCUT2D eigenvalue weighted by atomic mass is 10.1. The smallest absolute Gasteiger partial charge is 0.268 e. The molecule has 2 heterocycles. The fourth-order valence-electron chi connectivity index (χ4n) is 2.33. The molecule has 0 saturated heterocycles. The molecule has 5 nitrogen and oxygen atoms in total. The van der Waals surface area contributed by atoms with E-state index in [-0.39, 0.29) is 5.91 Å². The van der Waals surface area contributed by atoms with Crippen LogP contribution in [0, 0.1) is 13.8 Å². The Morgan fingerprint density at radius 1 is 1.30 bits per heavy atom. The maximum absolute atomic E-state index is 12.4. The van der Waals surface area contributed by atoms with E-state index >= 15 is 0 Å². The minimum Gasteiger partial charge on any atom is -0.479 e. The third-order valence-electron chi connectivity index (χ3n) is 3.32. The number of carbonyl (C=O) groups excluding carboxylic acids is 1. The van der Waals surface area contributed by atoms with E-state index in [2.05, 4.69) is 5.16 Å². The molecule has 20 heavy (non-hydrogen) atoms. The van der Waals surface area contributed by atoms with Gasteiger partial charge in [0.15, 0.2) is 6.10 Å². The summed E-state index contributed by atoms with van der Waals surface area (Å²) in [6, 6.07) is 7.66. The number of hydrogen-bond acceptors (Lipinski definition) is 4. The zero-order valence-electron chi connectivity index (χ0n) is 11.7. The van der Waals surface area contributed by atoms with E-state index in [0.29, 0.717) is 6.54 Å². The van der Waals surface area contributed by atoms with E-state index in [0.717, 1.165) is 28.5 Å². The molecule has 1 amide bonds. The number of aryl methyl sites for hydroxylation is 2. The maximum Gasteiger partial charge on any atom is 0.268 e. The van der Waals surface area contributed by atoms with Crippen molar-refractivity contribution < 1.29 is 14.1 Å². The Morgan fingerprint density at radius 2 is 2.10 bits per heavy atom. The summed E-state index contributed by atoms with van der Waals surface area (Å²) >= 11 is 0. The Hall–Kier alpha value is -2.30. The molecule has 3 rings (SSSR count). The van der Waals surface area contributed by atoms with E-state index in [1.54, 1.807) is 11.8 Å². The van der Waals surface area contributed by atoms with Gasteiger partial charge in [0.2, 0.25) is 0 Å². The summed E-state index contributed by atoms with van der Waals surface area (Å²) in [5.74, 6) is 1.39. The van der Waals surface area contributed by atoms with Gasteiger partial charge in [0.05, 0.1) is 12.2 Å². The van der Waals surface area contributed by atoms with Crippen molar-refractivity contribution in [1.82, 2.24) is 5.16 Å². The summed E-state index contributed by atoms with van der Waals surface area (Å²) in [5.41, 5.74) is 2.60. The summed E-state index contributed by atoms with van der Waals surface area (Å²) in [6.45, 7) is 5.96. The molecule has 0 fully saturated rings. The second kappa shape index (κ2) is 4.67. The molecule has 1 unspecified atom stereocenters. The van der Waals surface area contributed by atoms with E-state index < -0.39 is 6.10 Å². The number of fused-ring (bicyclic) bond motifs is 1. The number of carbonyl (C=O) groups is 1. The quantitative estimate of drug-likeness (QED) is 0.843. The highest BCUT2D eigenvalue weighted by Gasteiger charge is 2.32. The maximum atomic E-state index is 12.4. The molecular weight excluding hydrogens is 256 g/mol. The third kappa shape index (κ3) is 2.15. The second-order valence-electron chi connectivity index (χ2n) is 5.08. The number of hydrogen-bond donors (Lipinski definition) is 0. The van der Waals surface area contributed by atoms with Crippen LogP contribution in [-0.4, -0.2) is 17.2 Å². The molecule has 1 aliphatic heterocycles. The summed E-state index contributed by atoms with van der Waals surface area (Å²) in [4.78, 5) is 14.1. The van der Waals surface area contributed by atoms with Crippen LogP contribution in [0.15, 0.2) is 28.8 Å². The largest absolute Gasteiger partial charge is 0.479 e. The molecule has 1 aromatic heterocycles. The molecule has 0 spiro atoms. The highest BCUT2D eigenvalue weighted by atomic mass is 16.5. The number of anilines is 1. The topological polar surface area (TPSA) is 55.6 Å². The Labute approximate surface area is 117 Å². The number of nitrogens with zero attached hydrogens (tertiary/aromatic N) is 2. The van der Waals surface area contributed by atoms with Gasteiger partial charge >= 0.3 is 0 Å². The molecule has 0 bridgehead atoms. The van der Waals surface area contributed by atoms with E-state index in [4.69, 9.17) is 9.26 Å². The van der Waals surface area contributed by atoms with Gasteiger partial charge in [0, 0.05) is 6.07 Å². The van der Waals surface area contributed by atoms with Crippen molar-refractivity contribution >= 4 is 11.6 Å². The van der Waals surface area contributed by atoms with Crippen molar-refractivity contribution in [2.24, 2.45) is 0 Å². The Balaban J connectivity index is 2.00. The molecule has 1 aromatic carbocycles. The van der Waals surface area contributed by atoms with Gasteiger partial charge in [-0.05, 0) is 38.5 Å². The molecule has 1 aliphatic rings. The first-order valence-electron chi connectivity index (χ1n) is 6.55. The second-order valence-corrected chi connectivity index (χ2v) is 5.08. The molecular formula is C15H16N2O3. The van der Waals surface area contributed by atoms with Crippen LogP contribution in [-0.2, 0) is 11.3 Å². The van der Waals surface area contributed by atoms with Crippen LogP contribution in [0.1, 0.15) is 23.9 Å². The summed E-state index contributed by atoms with van der Waals surface area (Å²) < 4.78 is 10.7. The highest BCUT2D eigenvalue weighted by Crippen LogP contribution is 2.35. The van der Waals surface area contributed by atoms with Gasteiger partial charge in [-0.25, -0.2) is 0 Å². The van der Waals surface area contributed by atoms with Crippen LogP contribution in [0.2, 0.25) is 0 Å². The van der Waals surface area contributed by atoms with Crippen molar-refractivity contribution in [2.45, 2.75) is 33.4 Å². The number of rotatable bonds is 2. The Kier molecular flexibility index (Phi) is 2.97. The molecule has 0 aliphatic carbocycles. The Morgan fingerprint density at radius 3 is 2.80 bits per heavy atom. The van der Waals surface area contributed by atoms with Crippen molar-refractivity contribution in [3.63, 3.8) is 0 Å². The van der Waals surface area contributed by atoms with Crippen LogP contribution < -0.4 is 9.64 Å². The molecule has 0 N–H and O–H groups in total. The molecule has 104 valence electrons. The highest BCUT2D eigenvalue weighted by molar-refractivity contribution is 5.99. The molecule has 5 heteroatoms. The zero-order chi connectivity index (χ0) is 14.3. The average Bonchev–Trinajstić information content (AvgIpc) is 2.81. The van der Waals surface area contributed by atoms with Crippen LogP contribution >= 0.6 is 0 Å². The molecule has 0 radical (unpaired) electrons. The van der Waals surface area contributed by atoms with Crippen molar-refractivity contribution in [2.75, 3.05) is 4.90 Å². The van der Waals surface area contributed by atoms with Crippen LogP contribution in [0.3, 0.4) is 0 Å². The predicted octanol–water partition coefficient (Wildman–Crippen LogP) is 2.61. The average molecular weight is 272 g/mol. The predicted molar refractivity (Wildman–Crippen MR) is 73.7 cm³/mol. The molecule has 1 atom stereocenters. The van der Waals surface area contributed by atoms with Gasteiger partial charge in [-0.3, -0.25) is 9.69 Å². The lowest BCUT2D eigenvalue weighted by molar-refractivity contribution is -0.125. The normalized spacial score (nSPS) is 17.9. The lowest BCUT2D eigenvalue weighted by Gasteiger charge is -2.32. The van der Waals surface area contributed by atoms with Gasteiger partial charge in [-0.2, -0.15) is 0 Å². The first-order valence-corrected chi connectivity index (χ1v) is 6.55. The lowest BCUT2D eigenvalue weighted by Crippen LogP contribution is -2.44. The van der Waals surface area contributed by atoms with Crippen molar-refractivity contribution in [3.05, 3.63) is 41.3 Å². The van der Waals surface area contributed by atoms with Crippen LogP contribution in [0.25, 0.3) is 0 Å². The molecule has 2 aromatic rings. The van der Waals surface area contributed by atoms with Crippen LogP contribution in [0.5, 0.6) is 5.75 Å². The van der Waals surface area contributed by atoms with Gasteiger partial charge in [-0.1, -0.05) is 11.2 Å². The van der Waals surface area contributed by atoms with Gasteiger partial charge in [-0.15, -0.1) is 0 Å². The number of ether oxygens (including phenoxy) is 1. The molecule has 0 saturated carbocycles. The standard InChI is InChI=1S/C15H16N2O3/c1-9-4-5-14-13(6-9)17(15(18)11(3)19-14)8-12-7-10(2)20-16-12/h4-7,11H,8H2,1-3H3. The van der Waals surface area contributed by atoms with Gasteiger partial charge < -0.3 is 9.26 Å². The first-order chi connectivity index (χ1) is 9.54. The summed E-state index contributed by atoms with van der Waals surface area (Å²) in [7, 11) is 0. The van der Waals surface area contributed by atoms with E-state index in [1.165, 1.54) is 0 Å². The fraction of sp³-hybridized carbons (Fsp3) is 0.333. The first kappa shape index (κ1) is 12.7. The van der Waals surface area contributed by atoms with E-state index in [1.807, 2.05) is 38.1 Å². The third-order valence-corrected chi connectivity index (χ3v) is 3.32. The van der Waals surface area contributed by atoms with Crippen LogP contribution in [0.4, 0.5) is 5.69 Å². The van der Waals surface area contributed by atoms with Crippen molar-refractivity contribution in [3.8, 4) is 5.75 Å². The van der Waals surface area contributed by atoms with Gasteiger partial charge in [0.25, 0.3) is 5.91 Å². The summed E-state index contributed by atoms with van der Waals surface area (Å²) in [5, 5.41) is 3.95. The minimum absolute atomic E-state index is 0.0660. The number of amides is 1.